The highest BCUT2D eigenvalue weighted by molar-refractivity contribution is 5.80. The van der Waals surface area contributed by atoms with Crippen LogP contribution in [0.25, 0.3) is 0 Å². The second-order valence-electron chi connectivity index (χ2n) is 7.30. The largest absolute Gasteiger partial charge is 0.497 e. The number of methoxy groups -OCH3 is 1. The lowest BCUT2D eigenvalue weighted by molar-refractivity contribution is 0.397. The first-order valence-electron chi connectivity index (χ1n) is 10.2. The molecule has 0 radical (unpaired) electrons. The monoisotopic (exact) mass is 384 g/mol. The van der Waals surface area contributed by atoms with Gasteiger partial charge in [-0.15, -0.1) is 0 Å². The fourth-order valence-corrected chi connectivity index (χ4v) is 3.56. The van der Waals surface area contributed by atoms with Crippen molar-refractivity contribution in [3.63, 3.8) is 0 Å². The summed E-state index contributed by atoms with van der Waals surface area (Å²) in [5.74, 6) is 4.03. The Hall–Kier alpha value is -2.57. The van der Waals surface area contributed by atoms with E-state index in [2.05, 4.69) is 46.7 Å². The molecule has 1 aromatic heterocycles. The van der Waals surface area contributed by atoms with E-state index in [0.717, 1.165) is 62.3 Å². The second kappa shape index (κ2) is 9.57. The smallest absolute Gasteiger partial charge is 0.191 e. The first-order chi connectivity index (χ1) is 13.6. The zero-order valence-corrected chi connectivity index (χ0v) is 17.4. The van der Waals surface area contributed by atoms with Crippen LogP contribution in [0.1, 0.15) is 62.3 Å². The Kier molecular flexibility index (Phi) is 6.90. The Balaban J connectivity index is 1.59. The average Bonchev–Trinajstić information content (AvgIpc) is 3.09. The van der Waals surface area contributed by atoms with Crippen LogP contribution in [-0.4, -0.2) is 40.9 Å². The summed E-state index contributed by atoms with van der Waals surface area (Å²) in [6.45, 7) is 8.82. The van der Waals surface area contributed by atoms with Crippen molar-refractivity contribution in [1.29, 1.82) is 0 Å². The summed E-state index contributed by atoms with van der Waals surface area (Å²) >= 11 is 0. The number of benzene rings is 1. The zero-order chi connectivity index (χ0) is 19.9. The molecule has 3 rings (SSSR count). The Morgan fingerprint density at radius 3 is 2.86 bits per heavy atom. The van der Waals surface area contributed by atoms with Gasteiger partial charge in [-0.25, -0.2) is 9.67 Å². The van der Waals surface area contributed by atoms with Gasteiger partial charge in [0.05, 0.1) is 13.2 Å². The molecule has 0 bridgehead atoms. The van der Waals surface area contributed by atoms with Crippen LogP contribution in [0, 0.1) is 6.92 Å². The van der Waals surface area contributed by atoms with Crippen LogP contribution >= 0.6 is 0 Å². The number of hydrogen-bond acceptors (Lipinski definition) is 4. The van der Waals surface area contributed by atoms with Gasteiger partial charge in [-0.3, -0.25) is 4.99 Å². The predicted molar refractivity (Wildman–Crippen MR) is 112 cm³/mol. The van der Waals surface area contributed by atoms with E-state index in [0.29, 0.717) is 5.92 Å². The van der Waals surface area contributed by atoms with Gasteiger partial charge >= 0.3 is 0 Å². The first-order valence-corrected chi connectivity index (χ1v) is 10.2. The third-order valence-electron chi connectivity index (χ3n) is 5.15. The fraction of sp³-hybridized carbons (Fsp3) is 0.571. The van der Waals surface area contributed by atoms with Crippen molar-refractivity contribution in [1.82, 2.24) is 25.4 Å². The molecule has 7 heteroatoms. The Morgan fingerprint density at radius 1 is 1.36 bits per heavy atom. The molecule has 0 spiro atoms. The van der Waals surface area contributed by atoms with Crippen LogP contribution in [0.5, 0.6) is 5.75 Å². The Labute approximate surface area is 167 Å². The number of aromatic nitrogens is 3. The van der Waals surface area contributed by atoms with Crippen molar-refractivity contribution in [3.05, 3.63) is 41.5 Å². The number of aliphatic imine (C=N–C) groups is 1. The minimum absolute atomic E-state index is 0.159. The predicted octanol–water partition coefficient (Wildman–Crippen LogP) is 3.18. The number of ether oxygens (including phenoxy) is 1. The molecule has 2 aromatic rings. The van der Waals surface area contributed by atoms with Gasteiger partial charge in [-0.05, 0) is 56.7 Å². The summed E-state index contributed by atoms with van der Waals surface area (Å²) in [5, 5.41) is 11.4. The summed E-state index contributed by atoms with van der Waals surface area (Å²) < 4.78 is 7.26. The lowest BCUT2D eigenvalue weighted by Crippen LogP contribution is -2.41. The molecule has 7 nitrogen and oxygen atoms in total. The SMILES string of the molecule is CCNC(=NCCC(C)c1ccc(OC)cc1)NC1CCCn2nc(C)nc21. The number of fused-ring (bicyclic) bond motifs is 1. The maximum Gasteiger partial charge on any atom is 0.191 e. The van der Waals surface area contributed by atoms with Crippen molar-refractivity contribution in [2.24, 2.45) is 4.99 Å². The number of rotatable bonds is 7. The summed E-state index contributed by atoms with van der Waals surface area (Å²) in [6, 6.07) is 8.46. The molecule has 0 aliphatic carbocycles. The molecule has 0 saturated carbocycles. The Bertz CT molecular complexity index is 783. The second-order valence-corrected chi connectivity index (χ2v) is 7.30. The molecule has 1 aliphatic rings. The van der Waals surface area contributed by atoms with Gasteiger partial charge in [0.25, 0.3) is 0 Å². The molecular formula is C21H32N6O. The van der Waals surface area contributed by atoms with Gasteiger partial charge in [0, 0.05) is 19.6 Å². The van der Waals surface area contributed by atoms with E-state index in [1.165, 1.54) is 5.56 Å². The van der Waals surface area contributed by atoms with Gasteiger partial charge in [0.1, 0.15) is 17.4 Å². The zero-order valence-electron chi connectivity index (χ0n) is 17.4. The van der Waals surface area contributed by atoms with Crippen LogP contribution in [0.4, 0.5) is 0 Å². The molecule has 1 aliphatic heterocycles. The molecular weight excluding hydrogens is 352 g/mol. The molecule has 28 heavy (non-hydrogen) atoms. The molecule has 0 saturated heterocycles. The van der Waals surface area contributed by atoms with Crippen LogP contribution in [-0.2, 0) is 6.54 Å². The van der Waals surface area contributed by atoms with E-state index in [1.807, 2.05) is 23.7 Å². The van der Waals surface area contributed by atoms with Crippen molar-refractivity contribution in [2.75, 3.05) is 20.2 Å². The van der Waals surface area contributed by atoms with Crippen molar-refractivity contribution in [3.8, 4) is 5.75 Å². The van der Waals surface area contributed by atoms with Crippen molar-refractivity contribution < 1.29 is 4.74 Å². The summed E-state index contributed by atoms with van der Waals surface area (Å²) in [7, 11) is 1.69. The minimum atomic E-state index is 0.159. The summed E-state index contributed by atoms with van der Waals surface area (Å²) in [5.41, 5.74) is 1.31. The number of hydrogen-bond donors (Lipinski definition) is 2. The van der Waals surface area contributed by atoms with Crippen LogP contribution in [0.2, 0.25) is 0 Å². The summed E-state index contributed by atoms with van der Waals surface area (Å²) in [4.78, 5) is 9.40. The topological polar surface area (TPSA) is 76.4 Å². The minimum Gasteiger partial charge on any atom is -0.497 e. The lowest BCUT2D eigenvalue weighted by Gasteiger charge is -2.25. The van der Waals surface area contributed by atoms with E-state index in [1.54, 1.807) is 7.11 Å². The van der Waals surface area contributed by atoms with E-state index >= 15 is 0 Å². The maximum absolute atomic E-state index is 5.24. The normalized spacial score (nSPS) is 17.7. The average molecular weight is 385 g/mol. The van der Waals surface area contributed by atoms with Crippen LogP contribution < -0.4 is 15.4 Å². The molecule has 2 unspecified atom stereocenters. The van der Waals surface area contributed by atoms with E-state index < -0.39 is 0 Å². The Morgan fingerprint density at radius 2 is 2.14 bits per heavy atom. The molecule has 0 fully saturated rings. The molecule has 2 heterocycles. The molecule has 1 aromatic carbocycles. The molecule has 152 valence electrons. The van der Waals surface area contributed by atoms with Gasteiger partial charge in [-0.2, -0.15) is 5.10 Å². The summed E-state index contributed by atoms with van der Waals surface area (Å²) in [6.07, 6.45) is 3.13. The highest BCUT2D eigenvalue weighted by atomic mass is 16.5. The standard InChI is InChI=1S/C21H32N6O/c1-5-22-21(25-19-7-6-14-27-20(19)24-16(3)26-27)23-13-12-15(2)17-8-10-18(28-4)11-9-17/h8-11,15,19H,5-7,12-14H2,1-4H3,(H2,22,23,25). The van der Waals surface area contributed by atoms with E-state index in [4.69, 9.17) is 9.73 Å². The van der Waals surface area contributed by atoms with E-state index in [-0.39, 0.29) is 6.04 Å². The van der Waals surface area contributed by atoms with Gasteiger partial charge in [0.15, 0.2) is 5.96 Å². The van der Waals surface area contributed by atoms with Crippen molar-refractivity contribution >= 4 is 5.96 Å². The number of guanidine groups is 1. The quantitative estimate of drug-likeness (QED) is 0.566. The van der Waals surface area contributed by atoms with Gasteiger partial charge in [-0.1, -0.05) is 19.1 Å². The van der Waals surface area contributed by atoms with Crippen molar-refractivity contribution in [2.45, 2.75) is 58.5 Å². The third kappa shape index (κ3) is 5.03. The van der Waals surface area contributed by atoms with Gasteiger partial charge < -0.3 is 15.4 Å². The third-order valence-corrected chi connectivity index (χ3v) is 5.15. The highest BCUT2D eigenvalue weighted by Crippen LogP contribution is 2.23. The highest BCUT2D eigenvalue weighted by Gasteiger charge is 2.24. The maximum atomic E-state index is 5.24. The van der Waals surface area contributed by atoms with E-state index in [9.17, 15) is 0 Å². The lowest BCUT2D eigenvalue weighted by atomic mass is 9.98. The molecule has 2 N–H and O–H groups in total. The molecule has 2 atom stereocenters. The number of aryl methyl sites for hydroxylation is 2. The fourth-order valence-electron chi connectivity index (χ4n) is 3.56. The number of nitrogens with one attached hydrogen (secondary N) is 2. The van der Waals surface area contributed by atoms with Gasteiger partial charge in [0.2, 0.25) is 0 Å². The first kappa shape index (κ1) is 20.2. The molecule has 0 amide bonds. The number of nitrogens with zero attached hydrogens (tertiary/aromatic N) is 4. The van der Waals surface area contributed by atoms with Crippen LogP contribution in [0.15, 0.2) is 29.3 Å². The van der Waals surface area contributed by atoms with Crippen LogP contribution in [0.3, 0.4) is 0 Å².